The maximum Gasteiger partial charge on any atom is 0.243 e. The SMILES string of the molecule is CCCCC[C@H](CN(O)C=O)C(=O)NNc1cnc2ccccc2n1. The van der Waals surface area contributed by atoms with Gasteiger partial charge in [0.25, 0.3) is 0 Å². The van der Waals surface area contributed by atoms with E-state index in [2.05, 4.69) is 27.7 Å². The molecule has 0 fully saturated rings. The number of anilines is 1. The van der Waals surface area contributed by atoms with E-state index in [0.717, 1.165) is 24.8 Å². The molecule has 0 aliphatic rings. The number of carbonyl (C=O) groups is 2. The van der Waals surface area contributed by atoms with Crippen molar-refractivity contribution in [3.05, 3.63) is 30.5 Å². The Bertz CT molecular complexity index is 709. The van der Waals surface area contributed by atoms with Crippen LogP contribution in [-0.2, 0) is 9.59 Å². The molecule has 0 unspecified atom stereocenters. The Labute approximate surface area is 146 Å². The first-order chi connectivity index (χ1) is 12.1. The Morgan fingerprint density at radius 3 is 2.80 bits per heavy atom. The molecule has 0 aliphatic heterocycles. The summed E-state index contributed by atoms with van der Waals surface area (Å²) in [6.07, 6.45) is 5.25. The van der Waals surface area contributed by atoms with Crippen LogP contribution in [0.5, 0.6) is 0 Å². The number of unbranched alkanes of at least 4 members (excludes halogenated alkanes) is 2. The van der Waals surface area contributed by atoms with E-state index in [1.807, 2.05) is 24.3 Å². The van der Waals surface area contributed by atoms with Gasteiger partial charge >= 0.3 is 0 Å². The van der Waals surface area contributed by atoms with Crippen LogP contribution in [0.25, 0.3) is 11.0 Å². The van der Waals surface area contributed by atoms with Crippen molar-refractivity contribution in [2.45, 2.75) is 32.6 Å². The van der Waals surface area contributed by atoms with Crippen molar-refractivity contribution < 1.29 is 14.8 Å². The summed E-state index contributed by atoms with van der Waals surface area (Å²) in [6.45, 7) is 2.02. The Morgan fingerprint density at radius 2 is 2.08 bits per heavy atom. The van der Waals surface area contributed by atoms with E-state index < -0.39 is 5.92 Å². The lowest BCUT2D eigenvalue weighted by Crippen LogP contribution is -2.40. The highest BCUT2D eigenvalue weighted by molar-refractivity contribution is 5.80. The molecule has 0 radical (unpaired) electrons. The standard InChI is InChI=1S/C17H23N5O3/c1-2-3-4-7-13(11-22(25)12-23)17(24)21-20-16-10-18-14-8-5-6-9-15(14)19-16/h5-6,8-10,12-13,25H,2-4,7,11H2,1H3,(H,19,20)(H,21,24)/t13-/m1/s1. The number of hydrogen-bond acceptors (Lipinski definition) is 6. The van der Waals surface area contributed by atoms with Crippen molar-refractivity contribution >= 4 is 29.2 Å². The monoisotopic (exact) mass is 345 g/mol. The van der Waals surface area contributed by atoms with Crippen LogP contribution in [0.2, 0.25) is 0 Å². The molecule has 25 heavy (non-hydrogen) atoms. The minimum Gasteiger partial charge on any atom is -0.286 e. The Balaban J connectivity index is 1.96. The largest absolute Gasteiger partial charge is 0.286 e. The van der Waals surface area contributed by atoms with Gasteiger partial charge in [-0.1, -0.05) is 38.3 Å². The molecule has 2 amide bonds. The maximum atomic E-state index is 12.4. The lowest BCUT2D eigenvalue weighted by molar-refractivity contribution is -0.154. The highest BCUT2D eigenvalue weighted by Gasteiger charge is 2.20. The van der Waals surface area contributed by atoms with Gasteiger partial charge in [0.2, 0.25) is 12.3 Å². The number of para-hydroxylation sites is 2. The fourth-order valence-electron chi connectivity index (χ4n) is 2.46. The number of hydroxylamine groups is 2. The maximum absolute atomic E-state index is 12.4. The lowest BCUT2D eigenvalue weighted by atomic mass is 10.0. The van der Waals surface area contributed by atoms with Gasteiger partial charge in [0.15, 0.2) is 5.82 Å². The Kier molecular flexibility index (Phi) is 7.09. The fraction of sp³-hybridized carbons (Fsp3) is 0.412. The number of nitrogens with zero attached hydrogens (tertiary/aromatic N) is 3. The van der Waals surface area contributed by atoms with E-state index in [1.54, 1.807) is 0 Å². The third-order valence-corrected chi connectivity index (χ3v) is 3.82. The molecule has 0 aliphatic carbocycles. The summed E-state index contributed by atoms with van der Waals surface area (Å²) in [6, 6.07) is 7.42. The molecule has 2 rings (SSSR count). The van der Waals surface area contributed by atoms with Gasteiger partial charge in [0.1, 0.15) is 0 Å². The van der Waals surface area contributed by atoms with Crippen LogP contribution in [-0.4, -0.2) is 39.1 Å². The van der Waals surface area contributed by atoms with Crippen LogP contribution < -0.4 is 10.9 Å². The quantitative estimate of drug-likeness (QED) is 0.263. The molecule has 1 aromatic carbocycles. The fourth-order valence-corrected chi connectivity index (χ4v) is 2.46. The molecule has 0 saturated carbocycles. The second-order valence-corrected chi connectivity index (χ2v) is 5.78. The molecule has 1 aromatic heterocycles. The Morgan fingerprint density at radius 1 is 1.32 bits per heavy atom. The molecular weight excluding hydrogens is 322 g/mol. The van der Waals surface area contributed by atoms with Gasteiger partial charge in [-0.3, -0.25) is 30.6 Å². The van der Waals surface area contributed by atoms with Gasteiger partial charge in [0.05, 0.1) is 29.7 Å². The summed E-state index contributed by atoms with van der Waals surface area (Å²) in [5, 5.41) is 9.87. The number of hydrazine groups is 1. The first kappa shape index (κ1) is 18.6. The number of rotatable bonds is 10. The van der Waals surface area contributed by atoms with Crippen LogP contribution >= 0.6 is 0 Å². The average Bonchev–Trinajstić information content (AvgIpc) is 2.65. The summed E-state index contributed by atoms with van der Waals surface area (Å²) in [5.74, 6) is -0.412. The van der Waals surface area contributed by atoms with Crippen molar-refractivity contribution in [3.8, 4) is 0 Å². The smallest absolute Gasteiger partial charge is 0.243 e. The summed E-state index contributed by atoms with van der Waals surface area (Å²) >= 11 is 0. The van der Waals surface area contributed by atoms with Gasteiger partial charge in [-0.05, 0) is 18.6 Å². The molecule has 8 nitrogen and oxygen atoms in total. The lowest BCUT2D eigenvalue weighted by Gasteiger charge is -2.19. The highest BCUT2D eigenvalue weighted by atomic mass is 16.5. The number of nitrogens with one attached hydrogen (secondary N) is 2. The minimum absolute atomic E-state index is 0.0515. The molecule has 1 heterocycles. The van der Waals surface area contributed by atoms with Crippen LogP contribution in [0, 0.1) is 5.92 Å². The van der Waals surface area contributed by atoms with Gasteiger partial charge in [0, 0.05) is 0 Å². The van der Waals surface area contributed by atoms with E-state index in [9.17, 15) is 14.8 Å². The minimum atomic E-state index is -0.511. The van der Waals surface area contributed by atoms with Crippen LogP contribution in [0.15, 0.2) is 30.5 Å². The van der Waals surface area contributed by atoms with E-state index in [1.165, 1.54) is 6.20 Å². The number of amides is 2. The van der Waals surface area contributed by atoms with Crippen molar-refractivity contribution in [2.75, 3.05) is 12.0 Å². The van der Waals surface area contributed by atoms with Crippen molar-refractivity contribution in [1.29, 1.82) is 0 Å². The zero-order valence-electron chi connectivity index (χ0n) is 14.2. The van der Waals surface area contributed by atoms with Crippen molar-refractivity contribution in [2.24, 2.45) is 5.92 Å². The summed E-state index contributed by atoms with van der Waals surface area (Å²) in [5.41, 5.74) is 6.79. The predicted octanol–water partition coefficient (Wildman–Crippen LogP) is 2.12. The Hall–Kier alpha value is -2.74. The molecule has 0 spiro atoms. The number of fused-ring (bicyclic) bond motifs is 1. The third kappa shape index (κ3) is 5.68. The number of hydrogen-bond donors (Lipinski definition) is 3. The highest BCUT2D eigenvalue weighted by Crippen LogP contribution is 2.13. The van der Waals surface area contributed by atoms with Gasteiger partial charge in [-0.2, -0.15) is 0 Å². The predicted molar refractivity (Wildman–Crippen MR) is 93.5 cm³/mol. The topological polar surface area (TPSA) is 107 Å². The van der Waals surface area contributed by atoms with Crippen molar-refractivity contribution in [1.82, 2.24) is 20.5 Å². The van der Waals surface area contributed by atoms with Crippen molar-refractivity contribution in [3.63, 3.8) is 0 Å². The zero-order chi connectivity index (χ0) is 18.1. The summed E-state index contributed by atoms with van der Waals surface area (Å²) < 4.78 is 0. The molecule has 0 bridgehead atoms. The first-order valence-electron chi connectivity index (χ1n) is 8.32. The number of benzene rings is 1. The van der Waals surface area contributed by atoms with Crippen LogP contribution in [0.3, 0.4) is 0 Å². The van der Waals surface area contributed by atoms with E-state index >= 15 is 0 Å². The average molecular weight is 345 g/mol. The second-order valence-electron chi connectivity index (χ2n) is 5.78. The van der Waals surface area contributed by atoms with Crippen LogP contribution in [0.1, 0.15) is 32.6 Å². The van der Waals surface area contributed by atoms with Gasteiger partial charge < -0.3 is 0 Å². The van der Waals surface area contributed by atoms with Crippen LogP contribution in [0.4, 0.5) is 5.82 Å². The molecule has 134 valence electrons. The number of carbonyl (C=O) groups excluding carboxylic acids is 2. The van der Waals surface area contributed by atoms with E-state index in [0.29, 0.717) is 29.2 Å². The number of aromatic nitrogens is 2. The van der Waals surface area contributed by atoms with E-state index in [-0.39, 0.29) is 12.5 Å². The second kappa shape index (κ2) is 9.53. The molecule has 1 atom stereocenters. The normalized spacial score (nSPS) is 11.8. The van der Waals surface area contributed by atoms with Gasteiger partial charge in [-0.15, -0.1) is 0 Å². The summed E-state index contributed by atoms with van der Waals surface area (Å²) in [7, 11) is 0. The zero-order valence-corrected chi connectivity index (χ0v) is 14.2. The molecular formula is C17H23N5O3. The first-order valence-corrected chi connectivity index (χ1v) is 8.32. The summed E-state index contributed by atoms with van der Waals surface area (Å²) in [4.78, 5) is 31.6. The third-order valence-electron chi connectivity index (χ3n) is 3.82. The van der Waals surface area contributed by atoms with E-state index in [4.69, 9.17) is 0 Å². The molecule has 8 heteroatoms. The molecule has 3 N–H and O–H groups in total. The van der Waals surface area contributed by atoms with Gasteiger partial charge in [-0.25, -0.2) is 10.0 Å². The molecule has 2 aromatic rings. The molecule has 0 saturated heterocycles.